The summed E-state index contributed by atoms with van der Waals surface area (Å²) in [7, 11) is 0. The Labute approximate surface area is 97.8 Å². The van der Waals surface area contributed by atoms with Gasteiger partial charge in [-0.2, -0.15) is 0 Å². The molecule has 0 saturated carbocycles. The van der Waals surface area contributed by atoms with Gasteiger partial charge in [-0.15, -0.1) is 0 Å². The van der Waals surface area contributed by atoms with E-state index in [2.05, 4.69) is 49.3 Å². The molecule has 1 fully saturated rings. The van der Waals surface area contributed by atoms with Gasteiger partial charge in [0.1, 0.15) is 0 Å². The van der Waals surface area contributed by atoms with Crippen LogP contribution >= 0.6 is 0 Å². The summed E-state index contributed by atoms with van der Waals surface area (Å²) in [6.45, 7) is 9.52. The summed E-state index contributed by atoms with van der Waals surface area (Å²) >= 11 is 0. The third kappa shape index (κ3) is 2.27. The summed E-state index contributed by atoms with van der Waals surface area (Å²) < 4.78 is 0. The molecule has 1 aliphatic rings. The highest BCUT2D eigenvalue weighted by Crippen LogP contribution is 2.21. The molecule has 1 saturated heterocycles. The van der Waals surface area contributed by atoms with Gasteiger partial charge in [0, 0.05) is 17.4 Å². The van der Waals surface area contributed by atoms with E-state index in [0.717, 1.165) is 12.2 Å². The molecule has 1 aromatic rings. The van der Waals surface area contributed by atoms with E-state index in [0.29, 0.717) is 6.04 Å². The Morgan fingerprint density at radius 1 is 1.44 bits per heavy atom. The fourth-order valence-electron chi connectivity index (χ4n) is 2.13. The zero-order valence-corrected chi connectivity index (χ0v) is 10.1. The van der Waals surface area contributed by atoms with E-state index in [9.17, 15) is 0 Å². The Bertz CT molecular complexity index is 390. The Morgan fingerprint density at radius 2 is 2.25 bits per heavy atom. The summed E-state index contributed by atoms with van der Waals surface area (Å²) in [5.74, 6) is 0. The maximum atomic E-state index is 4.13. The molecule has 0 aromatic heterocycles. The molecule has 1 atom stereocenters. The zero-order chi connectivity index (χ0) is 11.5. The van der Waals surface area contributed by atoms with Crippen molar-refractivity contribution < 1.29 is 0 Å². The van der Waals surface area contributed by atoms with E-state index in [4.69, 9.17) is 0 Å². The maximum Gasteiger partial charge on any atom is 0.0467 e. The second-order valence-corrected chi connectivity index (χ2v) is 4.55. The monoisotopic (exact) mass is 216 g/mol. The predicted octanol–water partition coefficient (Wildman–Crippen LogP) is 2.98. The number of anilines is 1. The van der Waals surface area contributed by atoms with Crippen LogP contribution in [0.1, 0.15) is 24.0 Å². The van der Waals surface area contributed by atoms with E-state index in [-0.39, 0.29) is 0 Å². The van der Waals surface area contributed by atoms with Crippen molar-refractivity contribution >= 4 is 5.69 Å². The summed E-state index contributed by atoms with van der Waals surface area (Å²) in [4.78, 5) is 0. The lowest BCUT2D eigenvalue weighted by Gasteiger charge is -2.18. The van der Waals surface area contributed by atoms with E-state index < -0.39 is 0 Å². The first kappa shape index (κ1) is 11.2. The fourth-order valence-corrected chi connectivity index (χ4v) is 2.13. The molecule has 2 N–H and O–H groups in total. The van der Waals surface area contributed by atoms with Gasteiger partial charge in [0.15, 0.2) is 0 Å². The van der Waals surface area contributed by atoms with Gasteiger partial charge >= 0.3 is 0 Å². The lowest BCUT2D eigenvalue weighted by atomic mass is 10.1. The van der Waals surface area contributed by atoms with Crippen LogP contribution in [0.15, 0.2) is 30.5 Å². The van der Waals surface area contributed by atoms with Gasteiger partial charge in [-0.3, -0.25) is 0 Å². The van der Waals surface area contributed by atoms with Crippen LogP contribution in [0, 0.1) is 13.8 Å². The van der Waals surface area contributed by atoms with Crippen molar-refractivity contribution in [3.8, 4) is 0 Å². The molecule has 2 rings (SSSR count). The quantitative estimate of drug-likeness (QED) is 0.811. The SMILES string of the molecule is C=C(Nc1cccc(C)c1C)C1CCCN1. The second kappa shape index (κ2) is 4.71. The van der Waals surface area contributed by atoms with Crippen LogP contribution in [0.4, 0.5) is 5.69 Å². The van der Waals surface area contributed by atoms with Crippen LogP contribution in [-0.4, -0.2) is 12.6 Å². The molecule has 0 spiro atoms. The lowest BCUT2D eigenvalue weighted by molar-refractivity contribution is 0.695. The number of rotatable bonds is 3. The first-order chi connectivity index (χ1) is 7.68. The number of aryl methyl sites for hydroxylation is 1. The van der Waals surface area contributed by atoms with Gasteiger partial charge in [0.2, 0.25) is 0 Å². The molecule has 1 aliphatic heterocycles. The van der Waals surface area contributed by atoms with Gasteiger partial charge in [-0.25, -0.2) is 0 Å². The average Bonchev–Trinajstić information content (AvgIpc) is 2.78. The summed E-state index contributed by atoms with van der Waals surface area (Å²) in [5.41, 5.74) is 4.89. The Kier molecular flexibility index (Phi) is 3.30. The highest BCUT2D eigenvalue weighted by Gasteiger charge is 2.17. The Morgan fingerprint density at radius 3 is 2.94 bits per heavy atom. The van der Waals surface area contributed by atoms with Crippen LogP contribution in [0.3, 0.4) is 0 Å². The van der Waals surface area contributed by atoms with Gasteiger partial charge in [0.05, 0.1) is 0 Å². The smallest absolute Gasteiger partial charge is 0.0467 e. The van der Waals surface area contributed by atoms with Crippen LogP contribution in [0.2, 0.25) is 0 Å². The lowest BCUT2D eigenvalue weighted by Crippen LogP contribution is -2.26. The molecule has 1 unspecified atom stereocenters. The van der Waals surface area contributed by atoms with Crippen molar-refractivity contribution in [2.45, 2.75) is 32.7 Å². The average molecular weight is 216 g/mol. The van der Waals surface area contributed by atoms with E-state index >= 15 is 0 Å². The maximum absolute atomic E-state index is 4.13. The van der Waals surface area contributed by atoms with Crippen molar-refractivity contribution in [2.24, 2.45) is 0 Å². The minimum Gasteiger partial charge on any atom is -0.358 e. The molecule has 1 heterocycles. The highest BCUT2D eigenvalue weighted by molar-refractivity contribution is 5.57. The van der Waals surface area contributed by atoms with Crippen molar-refractivity contribution in [1.82, 2.24) is 5.32 Å². The second-order valence-electron chi connectivity index (χ2n) is 4.55. The first-order valence-corrected chi connectivity index (χ1v) is 5.94. The standard InChI is InChI=1S/C14H20N2/c1-10-6-4-7-13(11(10)2)16-12(3)14-8-5-9-15-14/h4,6-7,14-16H,3,5,8-9H2,1-2H3. The highest BCUT2D eigenvalue weighted by atomic mass is 15.0. The molecule has 2 heteroatoms. The molecular formula is C14H20N2. The van der Waals surface area contributed by atoms with Gasteiger partial charge < -0.3 is 10.6 Å². The number of benzene rings is 1. The molecule has 86 valence electrons. The van der Waals surface area contributed by atoms with Crippen LogP contribution in [0.25, 0.3) is 0 Å². The van der Waals surface area contributed by atoms with Crippen molar-refractivity contribution in [3.05, 3.63) is 41.6 Å². The molecule has 0 bridgehead atoms. The minimum atomic E-state index is 0.430. The first-order valence-electron chi connectivity index (χ1n) is 5.94. The van der Waals surface area contributed by atoms with Crippen LogP contribution < -0.4 is 10.6 Å². The number of hydrogen-bond acceptors (Lipinski definition) is 2. The molecule has 16 heavy (non-hydrogen) atoms. The van der Waals surface area contributed by atoms with E-state index in [1.165, 1.54) is 29.7 Å². The van der Waals surface area contributed by atoms with Gasteiger partial charge in [-0.1, -0.05) is 18.7 Å². The molecular weight excluding hydrogens is 196 g/mol. The fraction of sp³-hybridized carbons (Fsp3) is 0.429. The minimum absolute atomic E-state index is 0.430. The van der Waals surface area contributed by atoms with Gasteiger partial charge in [0.25, 0.3) is 0 Å². The zero-order valence-electron chi connectivity index (χ0n) is 10.1. The van der Waals surface area contributed by atoms with E-state index in [1.54, 1.807) is 0 Å². The molecule has 0 aliphatic carbocycles. The molecule has 0 radical (unpaired) electrons. The summed E-state index contributed by atoms with van der Waals surface area (Å²) in [6, 6.07) is 6.76. The van der Waals surface area contributed by atoms with Crippen molar-refractivity contribution in [2.75, 3.05) is 11.9 Å². The molecule has 1 aromatic carbocycles. The largest absolute Gasteiger partial charge is 0.358 e. The summed E-state index contributed by atoms with van der Waals surface area (Å²) in [5, 5.41) is 6.88. The predicted molar refractivity (Wildman–Crippen MR) is 69.7 cm³/mol. The molecule has 0 amide bonds. The third-order valence-electron chi connectivity index (χ3n) is 3.38. The van der Waals surface area contributed by atoms with E-state index in [1.807, 2.05) is 0 Å². The van der Waals surface area contributed by atoms with Crippen LogP contribution in [0.5, 0.6) is 0 Å². The Balaban J connectivity index is 2.08. The Hall–Kier alpha value is -1.28. The topological polar surface area (TPSA) is 24.1 Å². The normalized spacial score (nSPS) is 19.8. The molecule has 2 nitrogen and oxygen atoms in total. The third-order valence-corrected chi connectivity index (χ3v) is 3.38. The van der Waals surface area contributed by atoms with Crippen molar-refractivity contribution in [1.29, 1.82) is 0 Å². The summed E-state index contributed by atoms with van der Waals surface area (Å²) in [6.07, 6.45) is 2.44. The number of hydrogen-bond donors (Lipinski definition) is 2. The van der Waals surface area contributed by atoms with Crippen molar-refractivity contribution in [3.63, 3.8) is 0 Å². The number of nitrogens with one attached hydrogen (secondary N) is 2. The van der Waals surface area contributed by atoms with Crippen LogP contribution in [-0.2, 0) is 0 Å². The van der Waals surface area contributed by atoms with Gasteiger partial charge in [-0.05, 0) is 50.4 Å².